The quantitative estimate of drug-likeness (QED) is 0.788. The third-order valence-corrected chi connectivity index (χ3v) is 5.18. The fraction of sp³-hybridized carbons (Fsp3) is 0.294. The Kier molecular flexibility index (Phi) is 3.53. The Morgan fingerprint density at radius 1 is 1.22 bits per heavy atom. The average molecular weight is 326 g/mol. The summed E-state index contributed by atoms with van der Waals surface area (Å²) < 4.78 is 0. The Bertz CT molecular complexity index is 812. The second-order valence-electron chi connectivity index (χ2n) is 5.80. The van der Waals surface area contributed by atoms with E-state index in [1.54, 1.807) is 11.3 Å². The number of nitrogens with zero attached hydrogens (tertiary/aromatic N) is 3. The van der Waals surface area contributed by atoms with Gasteiger partial charge in [0.15, 0.2) is 5.13 Å². The number of carbonyl (C=O) groups excluding carboxylic acids is 1. The van der Waals surface area contributed by atoms with E-state index in [0.29, 0.717) is 5.69 Å². The summed E-state index contributed by atoms with van der Waals surface area (Å²) in [6.07, 6.45) is 1.90. The molecule has 0 unspecified atom stereocenters. The first-order valence-electron chi connectivity index (χ1n) is 7.75. The fourth-order valence-electron chi connectivity index (χ4n) is 2.95. The van der Waals surface area contributed by atoms with Gasteiger partial charge >= 0.3 is 0 Å². The smallest absolute Gasteiger partial charge is 0.270 e. The number of anilines is 1. The standard InChI is InChI=1S/C17H18N4OS/c1-12-11-18-17(23-12)21-8-6-20(7-9-21)16(22)15-10-13-4-2-3-5-14(13)19-15/h2-5,10-11,19H,6-9H2,1H3. The van der Waals surface area contributed by atoms with Gasteiger partial charge in [0.25, 0.3) is 5.91 Å². The molecule has 3 heterocycles. The van der Waals surface area contributed by atoms with Crippen molar-refractivity contribution in [1.82, 2.24) is 14.9 Å². The van der Waals surface area contributed by atoms with E-state index in [9.17, 15) is 4.79 Å². The number of benzene rings is 1. The number of hydrogen-bond donors (Lipinski definition) is 1. The third-order valence-electron chi connectivity index (χ3n) is 4.21. The van der Waals surface area contributed by atoms with Crippen molar-refractivity contribution in [2.75, 3.05) is 31.1 Å². The molecule has 0 saturated carbocycles. The monoisotopic (exact) mass is 326 g/mol. The molecule has 1 aliphatic heterocycles. The maximum absolute atomic E-state index is 12.7. The van der Waals surface area contributed by atoms with Crippen LogP contribution in [0, 0.1) is 6.92 Å². The predicted molar refractivity (Wildman–Crippen MR) is 93.3 cm³/mol. The van der Waals surface area contributed by atoms with Gasteiger partial charge in [-0.1, -0.05) is 18.2 Å². The lowest BCUT2D eigenvalue weighted by Crippen LogP contribution is -2.48. The van der Waals surface area contributed by atoms with Crippen LogP contribution in [0.2, 0.25) is 0 Å². The van der Waals surface area contributed by atoms with Crippen molar-refractivity contribution in [2.45, 2.75) is 6.92 Å². The number of nitrogens with one attached hydrogen (secondary N) is 1. The van der Waals surface area contributed by atoms with Crippen LogP contribution in [0.15, 0.2) is 36.5 Å². The first-order chi connectivity index (χ1) is 11.2. The van der Waals surface area contributed by atoms with E-state index in [2.05, 4.69) is 21.8 Å². The highest BCUT2D eigenvalue weighted by molar-refractivity contribution is 7.15. The number of piperazine rings is 1. The molecule has 1 saturated heterocycles. The van der Waals surface area contributed by atoms with Crippen LogP contribution in [0.4, 0.5) is 5.13 Å². The van der Waals surface area contributed by atoms with Crippen molar-refractivity contribution >= 4 is 33.3 Å². The lowest BCUT2D eigenvalue weighted by Gasteiger charge is -2.34. The van der Waals surface area contributed by atoms with Crippen molar-refractivity contribution in [3.05, 3.63) is 47.1 Å². The molecule has 0 atom stereocenters. The van der Waals surface area contributed by atoms with Gasteiger partial charge in [-0.2, -0.15) is 0 Å². The fourth-order valence-corrected chi connectivity index (χ4v) is 3.76. The minimum atomic E-state index is 0.0798. The Morgan fingerprint density at radius 3 is 2.70 bits per heavy atom. The molecule has 1 aromatic carbocycles. The Morgan fingerprint density at radius 2 is 2.00 bits per heavy atom. The number of carbonyl (C=O) groups is 1. The number of H-pyrrole nitrogens is 1. The van der Waals surface area contributed by atoms with Gasteiger partial charge in [-0.25, -0.2) is 4.98 Å². The number of para-hydroxylation sites is 1. The van der Waals surface area contributed by atoms with Gasteiger partial charge in [0, 0.05) is 48.2 Å². The summed E-state index contributed by atoms with van der Waals surface area (Å²) in [4.78, 5) is 25.7. The highest BCUT2D eigenvalue weighted by atomic mass is 32.1. The van der Waals surface area contributed by atoms with Gasteiger partial charge < -0.3 is 14.8 Å². The van der Waals surface area contributed by atoms with Crippen molar-refractivity contribution in [3.63, 3.8) is 0 Å². The van der Waals surface area contributed by atoms with E-state index in [1.807, 2.05) is 41.4 Å². The number of aryl methyl sites for hydroxylation is 1. The van der Waals surface area contributed by atoms with Crippen LogP contribution >= 0.6 is 11.3 Å². The number of fused-ring (bicyclic) bond motifs is 1. The summed E-state index contributed by atoms with van der Waals surface area (Å²) in [6.45, 7) is 5.19. The predicted octanol–water partition coefficient (Wildman–Crippen LogP) is 2.90. The van der Waals surface area contributed by atoms with Gasteiger partial charge in [-0.05, 0) is 19.1 Å². The van der Waals surface area contributed by atoms with E-state index >= 15 is 0 Å². The number of hydrogen-bond acceptors (Lipinski definition) is 4. The molecule has 5 nitrogen and oxygen atoms in total. The van der Waals surface area contributed by atoms with Crippen molar-refractivity contribution in [2.24, 2.45) is 0 Å². The topological polar surface area (TPSA) is 52.2 Å². The Hall–Kier alpha value is -2.34. The third kappa shape index (κ3) is 2.70. The molecule has 0 spiro atoms. The maximum Gasteiger partial charge on any atom is 0.270 e. The van der Waals surface area contributed by atoms with Crippen LogP contribution in [0.5, 0.6) is 0 Å². The molecule has 4 rings (SSSR count). The summed E-state index contributed by atoms with van der Waals surface area (Å²) >= 11 is 1.71. The van der Waals surface area contributed by atoms with Crippen LogP contribution in [0.25, 0.3) is 10.9 Å². The zero-order valence-corrected chi connectivity index (χ0v) is 13.8. The van der Waals surface area contributed by atoms with Gasteiger partial charge in [-0.15, -0.1) is 11.3 Å². The van der Waals surface area contributed by atoms with E-state index in [4.69, 9.17) is 0 Å². The number of aromatic amines is 1. The molecule has 1 N–H and O–H groups in total. The van der Waals surface area contributed by atoms with Crippen LogP contribution in [0.3, 0.4) is 0 Å². The number of thiazole rings is 1. The molecule has 1 fully saturated rings. The average Bonchev–Trinajstić information content (AvgIpc) is 3.20. The molecule has 0 radical (unpaired) electrons. The van der Waals surface area contributed by atoms with Gasteiger partial charge in [0.05, 0.1) is 0 Å². The SMILES string of the molecule is Cc1cnc(N2CCN(C(=O)c3cc4ccccc4[nH]3)CC2)s1. The largest absolute Gasteiger partial charge is 0.351 e. The maximum atomic E-state index is 12.7. The molecule has 23 heavy (non-hydrogen) atoms. The van der Waals surface area contributed by atoms with Gasteiger partial charge in [-0.3, -0.25) is 4.79 Å². The summed E-state index contributed by atoms with van der Waals surface area (Å²) in [5.74, 6) is 0.0798. The first-order valence-corrected chi connectivity index (χ1v) is 8.57. The molecule has 6 heteroatoms. The van der Waals surface area contributed by atoms with Crippen LogP contribution in [-0.2, 0) is 0 Å². The number of rotatable bonds is 2. The Labute approximate surface area is 138 Å². The summed E-state index contributed by atoms with van der Waals surface area (Å²) in [5.41, 5.74) is 1.68. The minimum Gasteiger partial charge on any atom is -0.351 e. The molecule has 1 aliphatic rings. The molecular weight excluding hydrogens is 308 g/mol. The van der Waals surface area contributed by atoms with E-state index < -0.39 is 0 Å². The second-order valence-corrected chi connectivity index (χ2v) is 7.02. The first kappa shape index (κ1) is 14.3. The Balaban J connectivity index is 1.46. The molecule has 1 amide bonds. The number of amides is 1. The van der Waals surface area contributed by atoms with Crippen molar-refractivity contribution in [1.29, 1.82) is 0 Å². The van der Waals surface area contributed by atoms with Crippen molar-refractivity contribution < 1.29 is 4.79 Å². The molecule has 0 bridgehead atoms. The second kappa shape index (κ2) is 5.70. The highest BCUT2D eigenvalue weighted by Gasteiger charge is 2.24. The molecule has 2 aromatic heterocycles. The molecule has 118 valence electrons. The number of aromatic nitrogens is 2. The zero-order valence-electron chi connectivity index (χ0n) is 13.0. The molecular formula is C17H18N4OS. The molecule has 0 aliphatic carbocycles. The summed E-state index contributed by atoms with van der Waals surface area (Å²) in [6, 6.07) is 9.91. The van der Waals surface area contributed by atoms with Gasteiger partial charge in [0.1, 0.15) is 5.69 Å². The summed E-state index contributed by atoms with van der Waals surface area (Å²) in [5, 5.41) is 2.13. The van der Waals surface area contributed by atoms with Crippen LogP contribution < -0.4 is 4.90 Å². The van der Waals surface area contributed by atoms with Crippen LogP contribution in [-0.4, -0.2) is 47.0 Å². The van der Waals surface area contributed by atoms with E-state index in [0.717, 1.165) is 42.2 Å². The van der Waals surface area contributed by atoms with Crippen LogP contribution in [0.1, 0.15) is 15.4 Å². The normalized spacial score (nSPS) is 15.3. The molecule has 3 aromatic rings. The highest BCUT2D eigenvalue weighted by Crippen LogP contribution is 2.23. The minimum absolute atomic E-state index is 0.0798. The summed E-state index contributed by atoms with van der Waals surface area (Å²) in [7, 11) is 0. The zero-order chi connectivity index (χ0) is 15.8. The van der Waals surface area contributed by atoms with E-state index in [1.165, 1.54) is 4.88 Å². The van der Waals surface area contributed by atoms with E-state index in [-0.39, 0.29) is 5.91 Å². The van der Waals surface area contributed by atoms with Crippen molar-refractivity contribution in [3.8, 4) is 0 Å². The lowest BCUT2D eigenvalue weighted by atomic mass is 10.2. The van der Waals surface area contributed by atoms with Gasteiger partial charge in [0.2, 0.25) is 0 Å². The lowest BCUT2D eigenvalue weighted by molar-refractivity contribution is 0.0742.